The number of benzene rings is 1. The molecule has 0 aliphatic rings. The van der Waals surface area contributed by atoms with Crippen LogP contribution in [-0.4, -0.2) is 18.2 Å². The molecule has 0 saturated carbocycles. The van der Waals surface area contributed by atoms with Crippen LogP contribution in [0, 0.1) is 5.92 Å². The van der Waals surface area contributed by atoms with E-state index < -0.39 is 17.9 Å². The third-order valence-electron chi connectivity index (χ3n) is 2.62. The fraction of sp³-hybridized carbons (Fsp3) is 0.417. The molecule has 4 nitrogen and oxygen atoms in total. The zero-order chi connectivity index (χ0) is 13.0. The fourth-order valence-corrected chi connectivity index (χ4v) is 1.78. The maximum absolute atomic E-state index is 10.8. The molecule has 0 aromatic heterocycles. The lowest BCUT2D eigenvalue weighted by Gasteiger charge is -2.17. The molecule has 0 fully saturated rings. The van der Waals surface area contributed by atoms with E-state index in [0.29, 0.717) is 17.2 Å². The van der Waals surface area contributed by atoms with Crippen molar-refractivity contribution in [2.24, 2.45) is 11.7 Å². The largest absolute Gasteiger partial charge is 0.496 e. The summed E-state index contributed by atoms with van der Waals surface area (Å²) in [5.74, 6) is -0.741. The predicted octanol–water partition coefficient (Wildman–Crippen LogP) is 2.46. The molecule has 0 heterocycles. The van der Waals surface area contributed by atoms with Gasteiger partial charge < -0.3 is 15.6 Å². The Morgan fingerprint density at radius 3 is 2.76 bits per heavy atom. The lowest BCUT2D eigenvalue weighted by atomic mass is 9.96. The van der Waals surface area contributed by atoms with Gasteiger partial charge in [-0.25, -0.2) is 0 Å². The number of carboxylic acid groups (broad SMARTS) is 1. The summed E-state index contributed by atoms with van der Waals surface area (Å²) in [5.41, 5.74) is 6.71. The van der Waals surface area contributed by atoms with E-state index in [2.05, 4.69) is 0 Å². The molecule has 0 amide bonds. The molecule has 0 aliphatic carbocycles. The number of hydrogen-bond acceptors (Lipinski definition) is 3. The first-order chi connectivity index (χ1) is 7.95. The Balaban J connectivity index is 2.90. The Kier molecular flexibility index (Phi) is 4.78. The molecule has 1 aromatic rings. The van der Waals surface area contributed by atoms with Gasteiger partial charge in [0.1, 0.15) is 5.75 Å². The topological polar surface area (TPSA) is 72.5 Å². The number of aliphatic carboxylic acids is 1. The van der Waals surface area contributed by atoms with Gasteiger partial charge in [0.25, 0.3) is 0 Å². The van der Waals surface area contributed by atoms with Gasteiger partial charge >= 0.3 is 5.97 Å². The van der Waals surface area contributed by atoms with Gasteiger partial charge in [0, 0.05) is 16.6 Å². The van der Waals surface area contributed by atoms with Gasteiger partial charge in [-0.3, -0.25) is 4.79 Å². The van der Waals surface area contributed by atoms with Gasteiger partial charge in [-0.05, 0) is 24.6 Å². The van der Waals surface area contributed by atoms with Gasteiger partial charge in [-0.1, -0.05) is 18.5 Å². The van der Waals surface area contributed by atoms with Crippen molar-refractivity contribution in [1.29, 1.82) is 0 Å². The molecule has 2 unspecified atom stereocenters. The highest BCUT2D eigenvalue weighted by Crippen LogP contribution is 2.30. The Hall–Kier alpha value is -1.26. The second kappa shape index (κ2) is 5.89. The minimum atomic E-state index is -0.860. The van der Waals surface area contributed by atoms with E-state index in [0.717, 1.165) is 5.56 Å². The van der Waals surface area contributed by atoms with Crippen molar-refractivity contribution in [2.75, 3.05) is 7.11 Å². The van der Waals surface area contributed by atoms with Crippen LogP contribution in [0.1, 0.15) is 24.9 Å². The second-order valence-corrected chi connectivity index (χ2v) is 4.40. The van der Waals surface area contributed by atoms with E-state index in [1.165, 1.54) is 0 Å². The highest BCUT2D eigenvalue weighted by molar-refractivity contribution is 6.30. The van der Waals surface area contributed by atoms with Crippen LogP contribution < -0.4 is 10.5 Å². The second-order valence-electron chi connectivity index (χ2n) is 3.97. The number of ether oxygens (including phenoxy) is 1. The van der Waals surface area contributed by atoms with E-state index in [1.54, 1.807) is 32.2 Å². The molecule has 0 radical (unpaired) electrons. The van der Waals surface area contributed by atoms with Crippen LogP contribution in [0.25, 0.3) is 0 Å². The molecule has 17 heavy (non-hydrogen) atoms. The summed E-state index contributed by atoms with van der Waals surface area (Å²) in [4.78, 5) is 10.8. The molecule has 0 bridgehead atoms. The Labute approximate surface area is 105 Å². The normalized spacial score (nSPS) is 14.1. The van der Waals surface area contributed by atoms with E-state index >= 15 is 0 Å². The molecule has 94 valence electrons. The minimum absolute atomic E-state index is 0.339. The molecular formula is C12H16ClNO3. The van der Waals surface area contributed by atoms with Crippen molar-refractivity contribution in [2.45, 2.75) is 19.4 Å². The lowest BCUT2D eigenvalue weighted by Crippen LogP contribution is -2.19. The first-order valence-electron chi connectivity index (χ1n) is 5.27. The molecule has 2 atom stereocenters. The number of carbonyl (C=O) groups is 1. The maximum atomic E-state index is 10.8. The van der Waals surface area contributed by atoms with Gasteiger partial charge in [0.15, 0.2) is 0 Å². The molecule has 1 rings (SSSR count). The maximum Gasteiger partial charge on any atom is 0.306 e. The van der Waals surface area contributed by atoms with Gasteiger partial charge in [0.2, 0.25) is 0 Å². The summed E-state index contributed by atoms with van der Waals surface area (Å²) in [5, 5.41) is 9.40. The van der Waals surface area contributed by atoms with Crippen molar-refractivity contribution < 1.29 is 14.6 Å². The number of methoxy groups -OCH3 is 1. The van der Waals surface area contributed by atoms with Crippen molar-refractivity contribution in [1.82, 2.24) is 0 Å². The minimum Gasteiger partial charge on any atom is -0.496 e. The average molecular weight is 258 g/mol. The monoisotopic (exact) mass is 257 g/mol. The van der Waals surface area contributed by atoms with Gasteiger partial charge in [-0.2, -0.15) is 0 Å². The van der Waals surface area contributed by atoms with Crippen LogP contribution in [0.15, 0.2) is 18.2 Å². The number of rotatable bonds is 5. The quantitative estimate of drug-likeness (QED) is 0.850. The SMILES string of the molecule is COc1ccc(Cl)cc1C(N)CC(C)C(=O)O. The fourth-order valence-electron chi connectivity index (χ4n) is 1.60. The first-order valence-corrected chi connectivity index (χ1v) is 5.65. The standard InChI is InChI=1S/C12H16ClNO3/c1-7(12(15)16)5-10(14)9-6-8(13)3-4-11(9)17-2/h3-4,6-7,10H,5,14H2,1-2H3,(H,15,16). The zero-order valence-corrected chi connectivity index (χ0v) is 10.6. The highest BCUT2D eigenvalue weighted by Gasteiger charge is 2.19. The molecule has 0 aliphatic heterocycles. The summed E-state index contributed by atoms with van der Waals surface area (Å²) in [6.45, 7) is 1.62. The lowest BCUT2D eigenvalue weighted by molar-refractivity contribution is -0.141. The Morgan fingerprint density at radius 2 is 2.24 bits per heavy atom. The summed E-state index contributed by atoms with van der Waals surface area (Å²) < 4.78 is 5.18. The summed E-state index contributed by atoms with van der Waals surface area (Å²) in [6, 6.07) is 4.73. The van der Waals surface area contributed by atoms with Crippen LogP contribution in [-0.2, 0) is 4.79 Å². The Morgan fingerprint density at radius 1 is 1.59 bits per heavy atom. The van der Waals surface area contributed by atoms with E-state index in [-0.39, 0.29) is 0 Å². The third-order valence-corrected chi connectivity index (χ3v) is 2.86. The molecular weight excluding hydrogens is 242 g/mol. The summed E-state index contributed by atoms with van der Waals surface area (Å²) in [6.07, 6.45) is 0.339. The van der Waals surface area contributed by atoms with Crippen LogP contribution in [0.3, 0.4) is 0 Å². The van der Waals surface area contributed by atoms with Crippen LogP contribution in [0.2, 0.25) is 5.02 Å². The molecule has 0 spiro atoms. The van der Waals surface area contributed by atoms with Crippen molar-refractivity contribution in [3.8, 4) is 5.75 Å². The summed E-state index contributed by atoms with van der Waals surface area (Å²) >= 11 is 5.89. The van der Waals surface area contributed by atoms with Crippen molar-refractivity contribution in [3.05, 3.63) is 28.8 Å². The zero-order valence-electron chi connectivity index (χ0n) is 9.81. The highest BCUT2D eigenvalue weighted by atomic mass is 35.5. The Bertz CT molecular complexity index is 409. The van der Waals surface area contributed by atoms with E-state index in [4.69, 9.17) is 27.2 Å². The van der Waals surface area contributed by atoms with Gasteiger partial charge in [-0.15, -0.1) is 0 Å². The van der Waals surface area contributed by atoms with Crippen LogP contribution >= 0.6 is 11.6 Å². The predicted molar refractivity (Wildman–Crippen MR) is 66.3 cm³/mol. The van der Waals surface area contributed by atoms with Crippen molar-refractivity contribution in [3.63, 3.8) is 0 Å². The third kappa shape index (κ3) is 3.61. The molecule has 0 saturated heterocycles. The first kappa shape index (κ1) is 13.8. The molecule has 5 heteroatoms. The average Bonchev–Trinajstić information content (AvgIpc) is 2.28. The smallest absolute Gasteiger partial charge is 0.306 e. The molecule has 3 N–H and O–H groups in total. The number of carboxylic acids is 1. The van der Waals surface area contributed by atoms with Gasteiger partial charge in [0.05, 0.1) is 13.0 Å². The number of hydrogen-bond donors (Lipinski definition) is 2. The van der Waals surface area contributed by atoms with E-state index in [1.807, 2.05) is 0 Å². The summed E-state index contributed by atoms with van der Waals surface area (Å²) in [7, 11) is 1.54. The van der Waals surface area contributed by atoms with Crippen molar-refractivity contribution >= 4 is 17.6 Å². The number of halogens is 1. The van der Waals surface area contributed by atoms with E-state index in [9.17, 15) is 4.79 Å². The molecule has 1 aromatic carbocycles. The van der Waals surface area contributed by atoms with Crippen LogP contribution in [0.5, 0.6) is 5.75 Å². The number of nitrogens with two attached hydrogens (primary N) is 1. The van der Waals surface area contributed by atoms with Crippen LogP contribution in [0.4, 0.5) is 0 Å².